The molecule has 128 valence electrons. The molecule has 1 amide bonds. The van der Waals surface area contributed by atoms with Gasteiger partial charge in [-0.3, -0.25) is 9.69 Å². The predicted octanol–water partition coefficient (Wildman–Crippen LogP) is 3.31. The lowest BCUT2D eigenvalue weighted by atomic mass is 10.1. The number of nitrogens with zero attached hydrogens (tertiary/aromatic N) is 2. The predicted molar refractivity (Wildman–Crippen MR) is 97.8 cm³/mol. The molecule has 0 aliphatic carbocycles. The van der Waals surface area contributed by atoms with Crippen LogP contribution in [0.25, 0.3) is 5.69 Å². The van der Waals surface area contributed by atoms with Crippen molar-refractivity contribution < 1.29 is 4.79 Å². The molecule has 1 atom stereocenters. The molecule has 1 aromatic carbocycles. The van der Waals surface area contributed by atoms with Crippen molar-refractivity contribution >= 4 is 5.91 Å². The third kappa shape index (κ3) is 3.39. The minimum Gasteiger partial charge on any atom is -0.350 e. The van der Waals surface area contributed by atoms with Gasteiger partial charge in [0.25, 0.3) is 5.91 Å². The summed E-state index contributed by atoms with van der Waals surface area (Å²) in [6.07, 6.45) is 2.41. The number of benzene rings is 1. The summed E-state index contributed by atoms with van der Waals surface area (Å²) in [5, 5.41) is 3.09. The number of aromatic nitrogens is 1. The van der Waals surface area contributed by atoms with E-state index in [9.17, 15) is 4.79 Å². The molecule has 0 spiro atoms. The number of carbonyl (C=O) groups excluding carboxylic acids is 1. The molecule has 0 radical (unpaired) electrons. The number of hydrogen-bond acceptors (Lipinski definition) is 2. The lowest BCUT2D eigenvalue weighted by Gasteiger charge is -2.22. The van der Waals surface area contributed by atoms with E-state index in [2.05, 4.69) is 47.7 Å². The Bertz CT molecular complexity index is 683. The van der Waals surface area contributed by atoms with Crippen LogP contribution in [0, 0.1) is 13.8 Å². The van der Waals surface area contributed by atoms with Crippen molar-refractivity contribution in [3.63, 3.8) is 0 Å². The third-order valence-corrected chi connectivity index (χ3v) is 5.06. The zero-order valence-corrected chi connectivity index (χ0v) is 14.9. The highest BCUT2D eigenvalue weighted by Gasteiger charge is 2.23. The van der Waals surface area contributed by atoms with Crippen LogP contribution in [0.2, 0.25) is 0 Å². The van der Waals surface area contributed by atoms with Gasteiger partial charge in [0.15, 0.2) is 0 Å². The van der Waals surface area contributed by atoms with Crippen LogP contribution in [-0.2, 0) is 0 Å². The number of likely N-dealkylation sites (tertiary alicyclic amines) is 1. The zero-order valence-electron chi connectivity index (χ0n) is 14.9. The van der Waals surface area contributed by atoms with Crippen LogP contribution in [0.3, 0.4) is 0 Å². The maximum atomic E-state index is 12.4. The van der Waals surface area contributed by atoms with Crippen molar-refractivity contribution in [2.75, 3.05) is 19.6 Å². The SMILES string of the molecule is CCN1CCC[C@@H]1CNC(=O)c1ccc(-n2c(C)ccc2C)cc1. The zero-order chi connectivity index (χ0) is 17.1. The summed E-state index contributed by atoms with van der Waals surface area (Å²) in [5.41, 5.74) is 4.22. The lowest BCUT2D eigenvalue weighted by molar-refractivity contribution is 0.0941. The average Bonchev–Trinajstić information content (AvgIpc) is 3.19. The van der Waals surface area contributed by atoms with Crippen molar-refractivity contribution in [1.29, 1.82) is 0 Å². The van der Waals surface area contributed by atoms with Crippen molar-refractivity contribution in [3.05, 3.63) is 53.3 Å². The van der Waals surface area contributed by atoms with Gasteiger partial charge in [0, 0.05) is 35.2 Å². The first-order chi connectivity index (χ1) is 11.6. The number of carbonyl (C=O) groups is 1. The Morgan fingerprint density at radius 3 is 2.42 bits per heavy atom. The molecule has 2 heterocycles. The molecule has 1 aliphatic rings. The maximum Gasteiger partial charge on any atom is 0.251 e. The molecule has 0 bridgehead atoms. The Kier molecular flexibility index (Phi) is 5.05. The van der Waals surface area contributed by atoms with Gasteiger partial charge in [-0.1, -0.05) is 6.92 Å². The van der Waals surface area contributed by atoms with Crippen LogP contribution >= 0.6 is 0 Å². The summed E-state index contributed by atoms with van der Waals surface area (Å²) in [5.74, 6) is 0.0189. The van der Waals surface area contributed by atoms with E-state index in [0.717, 1.165) is 30.9 Å². The van der Waals surface area contributed by atoms with E-state index >= 15 is 0 Å². The van der Waals surface area contributed by atoms with Gasteiger partial charge >= 0.3 is 0 Å². The van der Waals surface area contributed by atoms with E-state index < -0.39 is 0 Å². The Morgan fingerprint density at radius 1 is 1.12 bits per heavy atom. The summed E-state index contributed by atoms with van der Waals surface area (Å²) < 4.78 is 2.19. The number of amides is 1. The average molecular weight is 325 g/mol. The highest BCUT2D eigenvalue weighted by molar-refractivity contribution is 5.94. The highest BCUT2D eigenvalue weighted by Crippen LogP contribution is 2.18. The number of hydrogen-bond donors (Lipinski definition) is 1. The first kappa shape index (κ1) is 16.8. The third-order valence-electron chi connectivity index (χ3n) is 5.06. The molecule has 1 N–H and O–H groups in total. The monoisotopic (exact) mass is 325 g/mol. The largest absolute Gasteiger partial charge is 0.350 e. The van der Waals surface area contributed by atoms with Crippen LogP contribution in [0.5, 0.6) is 0 Å². The van der Waals surface area contributed by atoms with Crippen molar-refractivity contribution in [2.45, 2.75) is 39.7 Å². The van der Waals surface area contributed by atoms with Crippen LogP contribution in [0.4, 0.5) is 0 Å². The molecule has 0 saturated carbocycles. The minimum atomic E-state index is 0.0189. The van der Waals surface area contributed by atoms with Gasteiger partial charge in [-0.2, -0.15) is 0 Å². The van der Waals surface area contributed by atoms with E-state index in [4.69, 9.17) is 0 Å². The fraction of sp³-hybridized carbons (Fsp3) is 0.450. The Balaban J connectivity index is 1.64. The van der Waals surface area contributed by atoms with Crippen molar-refractivity contribution in [1.82, 2.24) is 14.8 Å². The van der Waals surface area contributed by atoms with E-state index in [-0.39, 0.29) is 5.91 Å². The molecule has 1 aliphatic heterocycles. The fourth-order valence-corrected chi connectivity index (χ4v) is 3.69. The van der Waals surface area contributed by atoms with Crippen LogP contribution in [0.15, 0.2) is 36.4 Å². The lowest BCUT2D eigenvalue weighted by Crippen LogP contribution is -2.40. The molecule has 0 unspecified atom stereocenters. The number of nitrogens with one attached hydrogen (secondary N) is 1. The molecule has 1 aromatic heterocycles. The normalized spacial score (nSPS) is 18.0. The molecule has 1 saturated heterocycles. The van der Waals surface area contributed by atoms with Crippen LogP contribution < -0.4 is 5.32 Å². The molecule has 2 aromatic rings. The van der Waals surface area contributed by atoms with Gasteiger partial charge in [0.05, 0.1) is 0 Å². The van der Waals surface area contributed by atoms with Gasteiger partial charge < -0.3 is 9.88 Å². The molecular formula is C20H27N3O. The van der Waals surface area contributed by atoms with Gasteiger partial charge in [0.2, 0.25) is 0 Å². The first-order valence-corrected chi connectivity index (χ1v) is 8.87. The van der Waals surface area contributed by atoms with Gasteiger partial charge in [-0.05, 0) is 76.2 Å². The first-order valence-electron chi connectivity index (χ1n) is 8.87. The fourth-order valence-electron chi connectivity index (χ4n) is 3.69. The number of aryl methyl sites for hydroxylation is 2. The maximum absolute atomic E-state index is 12.4. The molecule has 4 heteroatoms. The minimum absolute atomic E-state index is 0.0189. The summed E-state index contributed by atoms with van der Waals surface area (Å²) in [6.45, 7) is 9.32. The Morgan fingerprint density at radius 2 is 1.79 bits per heavy atom. The summed E-state index contributed by atoms with van der Waals surface area (Å²) in [7, 11) is 0. The van der Waals surface area contributed by atoms with Crippen molar-refractivity contribution in [2.24, 2.45) is 0 Å². The van der Waals surface area contributed by atoms with Gasteiger partial charge in [0.1, 0.15) is 0 Å². The number of likely N-dealkylation sites (N-methyl/N-ethyl adjacent to an activating group) is 1. The molecular weight excluding hydrogens is 298 g/mol. The van der Waals surface area contributed by atoms with Crippen LogP contribution in [-0.4, -0.2) is 41.1 Å². The van der Waals surface area contributed by atoms with E-state index in [0.29, 0.717) is 6.04 Å². The quantitative estimate of drug-likeness (QED) is 0.916. The Hall–Kier alpha value is -2.07. The molecule has 4 nitrogen and oxygen atoms in total. The molecule has 3 rings (SSSR count). The second-order valence-electron chi connectivity index (χ2n) is 6.63. The highest BCUT2D eigenvalue weighted by atomic mass is 16.1. The Labute approximate surface area is 144 Å². The second kappa shape index (κ2) is 7.22. The molecule has 1 fully saturated rings. The van der Waals surface area contributed by atoms with Crippen molar-refractivity contribution in [3.8, 4) is 5.69 Å². The number of rotatable bonds is 5. The standard InChI is InChI=1S/C20H27N3O/c1-4-22-13-5-6-19(22)14-21-20(24)17-9-11-18(12-10-17)23-15(2)7-8-16(23)3/h7-12,19H,4-6,13-14H2,1-3H3,(H,21,24)/t19-/m1/s1. The van der Waals surface area contributed by atoms with E-state index in [1.54, 1.807) is 0 Å². The topological polar surface area (TPSA) is 37.3 Å². The van der Waals surface area contributed by atoms with E-state index in [1.165, 1.54) is 24.2 Å². The summed E-state index contributed by atoms with van der Waals surface area (Å²) in [4.78, 5) is 14.8. The summed E-state index contributed by atoms with van der Waals surface area (Å²) >= 11 is 0. The smallest absolute Gasteiger partial charge is 0.251 e. The molecule has 24 heavy (non-hydrogen) atoms. The van der Waals surface area contributed by atoms with Crippen LogP contribution in [0.1, 0.15) is 41.5 Å². The summed E-state index contributed by atoms with van der Waals surface area (Å²) in [6, 6.07) is 12.6. The van der Waals surface area contributed by atoms with E-state index in [1.807, 2.05) is 24.3 Å². The van der Waals surface area contributed by atoms with Gasteiger partial charge in [-0.15, -0.1) is 0 Å². The second-order valence-corrected chi connectivity index (χ2v) is 6.63. The van der Waals surface area contributed by atoms with Gasteiger partial charge in [-0.25, -0.2) is 0 Å².